The summed E-state index contributed by atoms with van der Waals surface area (Å²) in [5.41, 5.74) is 0.977. The van der Waals surface area contributed by atoms with E-state index in [1.807, 2.05) is 0 Å². The van der Waals surface area contributed by atoms with Crippen molar-refractivity contribution < 1.29 is 19.1 Å². The van der Waals surface area contributed by atoms with Crippen LogP contribution in [0.25, 0.3) is 10.2 Å². The number of esters is 1. The van der Waals surface area contributed by atoms with Crippen LogP contribution in [0.3, 0.4) is 0 Å². The number of rotatable bonds is 7. The maximum atomic E-state index is 13.2. The van der Waals surface area contributed by atoms with E-state index in [0.29, 0.717) is 27.2 Å². The fraction of sp³-hybridized carbons (Fsp3) is 0.167. The van der Waals surface area contributed by atoms with Gasteiger partial charge in [-0.25, -0.2) is 9.59 Å². The summed E-state index contributed by atoms with van der Waals surface area (Å²) < 4.78 is 12.6. The first-order valence-electron chi connectivity index (χ1n) is 10.2. The molecule has 0 aliphatic heterocycles. The van der Waals surface area contributed by atoms with E-state index < -0.39 is 23.1 Å². The summed E-state index contributed by atoms with van der Waals surface area (Å²) in [5.74, 6) is -0.267. The van der Waals surface area contributed by atoms with Crippen molar-refractivity contribution in [3.05, 3.63) is 91.9 Å². The van der Waals surface area contributed by atoms with E-state index in [9.17, 15) is 19.2 Å². The number of hydrogen-bond acceptors (Lipinski definition) is 7. The van der Waals surface area contributed by atoms with Crippen LogP contribution in [-0.4, -0.2) is 35.2 Å². The summed E-state index contributed by atoms with van der Waals surface area (Å²) in [4.78, 5) is 50.5. The second-order valence-corrected chi connectivity index (χ2v) is 8.28. The maximum absolute atomic E-state index is 13.2. The van der Waals surface area contributed by atoms with Gasteiger partial charge in [-0.2, -0.15) is 0 Å². The van der Waals surface area contributed by atoms with Crippen LogP contribution in [0.15, 0.2) is 69.6 Å². The van der Waals surface area contributed by atoms with E-state index in [0.717, 1.165) is 10.1 Å². The quantitative estimate of drug-likeness (QED) is 0.408. The highest BCUT2D eigenvalue weighted by Gasteiger charge is 2.17. The number of thiophene rings is 1. The third-order valence-corrected chi connectivity index (χ3v) is 6.12. The molecular weight excluding hydrogens is 458 g/mol. The number of amides is 1. The number of ether oxygens (including phenoxy) is 2. The molecule has 0 radical (unpaired) electrons. The van der Waals surface area contributed by atoms with Gasteiger partial charge < -0.3 is 14.8 Å². The fourth-order valence-corrected chi connectivity index (χ4v) is 4.33. The lowest BCUT2D eigenvalue weighted by molar-refractivity contribution is -0.116. The Balaban J connectivity index is 1.62. The van der Waals surface area contributed by atoms with Crippen molar-refractivity contribution >= 4 is 39.1 Å². The van der Waals surface area contributed by atoms with Gasteiger partial charge in [0.15, 0.2) is 0 Å². The number of nitrogens with zero attached hydrogens (tertiary/aromatic N) is 2. The molecule has 4 rings (SSSR count). The Bertz CT molecular complexity index is 1470. The molecule has 0 saturated carbocycles. The van der Waals surface area contributed by atoms with Crippen LogP contribution in [0.5, 0.6) is 5.75 Å². The molecule has 2 heterocycles. The van der Waals surface area contributed by atoms with Gasteiger partial charge in [-0.1, -0.05) is 12.1 Å². The van der Waals surface area contributed by atoms with Gasteiger partial charge in [0, 0.05) is 5.69 Å². The predicted molar refractivity (Wildman–Crippen MR) is 129 cm³/mol. The molecule has 0 aliphatic carbocycles. The zero-order valence-electron chi connectivity index (χ0n) is 18.4. The molecule has 0 atom stereocenters. The van der Waals surface area contributed by atoms with Crippen molar-refractivity contribution in [2.24, 2.45) is 0 Å². The molecule has 1 amide bonds. The van der Waals surface area contributed by atoms with Crippen LogP contribution in [-0.2, 0) is 22.6 Å². The molecule has 10 heteroatoms. The molecule has 174 valence electrons. The first-order valence-corrected chi connectivity index (χ1v) is 11.1. The topological polar surface area (TPSA) is 109 Å². The Morgan fingerprint density at radius 1 is 0.941 bits per heavy atom. The third kappa shape index (κ3) is 4.62. The van der Waals surface area contributed by atoms with E-state index in [1.165, 1.54) is 35.1 Å². The van der Waals surface area contributed by atoms with E-state index >= 15 is 0 Å². The van der Waals surface area contributed by atoms with E-state index in [1.54, 1.807) is 55.0 Å². The Morgan fingerprint density at radius 3 is 2.29 bits per heavy atom. The molecule has 2 aromatic heterocycles. The SMILES string of the molecule is COC(=O)c1ccc(NC(=O)Cn2c(=O)n(Cc3ccc(OC)cc3)c(=O)c3sccc32)cc1. The minimum absolute atomic E-state index is 0.0616. The molecule has 2 aromatic carbocycles. The molecule has 0 saturated heterocycles. The van der Waals surface area contributed by atoms with Crippen LogP contribution in [0.1, 0.15) is 15.9 Å². The summed E-state index contributed by atoms with van der Waals surface area (Å²) in [7, 11) is 2.84. The number of fused-ring (bicyclic) bond motifs is 1. The summed E-state index contributed by atoms with van der Waals surface area (Å²) in [6, 6.07) is 14.9. The number of anilines is 1. The van der Waals surface area contributed by atoms with Gasteiger partial charge in [0.2, 0.25) is 5.91 Å². The van der Waals surface area contributed by atoms with Gasteiger partial charge in [-0.15, -0.1) is 11.3 Å². The van der Waals surface area contributed by atoms with Gasteiger partial charge in [0.1, 0.15) is 17.0 Å². The number of hydrogen-bond donors (Lipinski definition) is 1. The Hall–Kier alpha value is -4.18. The zero-order chi connectivity index (χ0) is 24.2. The van der Waals surface area contributed by atoms with E-state index in [-0.39, 0.29) is 13.1 Å². The molecule has 0 fully saturated rings. The third-order valence-electron chi connectivity index (χ3n) is 5.23. The zero-order valence-corrected chi connectivity index (χ0v) is 19.3. The minimum atomic E-state index is -0.581. The average Bonchev–Trinajstić information content (AvgIpc) is 3.35. The molecule has 0 spiro atoms. The highest BCUT2D eigenvalue weighted by Crippen LogP contribution is 2.17. The average molecular weight is 480 g/mol. The summed E-state index contributed by atoms with van der Waals surface area (Å²) in [5, 5.41) is 4.42. The van der Waals surface area contributed by atoms with Crippen molar-refractivity contribution in [2.45, 2.75) is 13.1 Å². The van der Waals surface area contributed by atoms with Crippen molar-refractivity contribution in [3.63, 3.8) is 0 Å². The normalized spacial score (nSPS) is 10.8. The van der Waals surface area contributed by atoms with Gasteiger partial charge in [-0.3, -0.25) is 18.7 Å². The monoisotopic (exact) mass is 479 g/mol. The lowest BCUT2D eigenvalue weighted by Gasteiger charge is -2.13. The standard InChI is InChI=1S/C24H21N3O6S/c1-32-18-9-3-15(4-10-18)13-27-22(29)21-19(11-12-34-21)26(24(27)31)14-20(28)25-17-7-5-16(6-8-17)23(30)33-2/h3-12H,13-14H2,1-2H3,(H,25,28). The van der Waals surface area contributed by atoms with Gasteiger partial charge >= 0.3 is 11.7 Å². The van der Waals surface area contributed by atoms with Crippen molar-refractivity contribution in [1.82, 2.24) is 9.13 Å². The highest BCUT2D eigenvalue weighted by atomic mass is 32.1. The molecule has 34 heavy (non-hydrogen) atoms. The van der Waals surface area contributed by atoms with Crippen molar-refractivity contribution in [2.75, 3.05) is 19.5 Å². The largest absolute Gasteiger partial charge is 0.497 e. The number of aromatic nitrogens is 2. The number of nitrogens with one attached hydrogen (secondary N) is 1. The second kappa shape index (κ2) is 9.75. The first-order chi connectivity index (χ1) is 16.4. The van der Waals surface area contributed by atoms with Gasteiger partial charge in [-0.05, 0) is 53.4 Å². The summed E-state index contributed by atoms with van der Waals surface area (Å²) >= 11 is 1.22. The van der Waals surface area contributed by atoms with Crippen molar-refractivity contribution in [3.8, 4) is 5.75 Å². The first kappa shape index (κ1) is 23.0. The van der Waals surface area contributed by atoms with Crippen LogP contribution < -0.4 is 21.3 Å². The van der Waals surface area contributed by atoms with Gasteiger partial charge in [0.25, 0.3) is 5.56 Å². The number of benzene rings is 2. The number of methoxy groups -OCH3 is 2. The minimum Gasteiger partial charge on any atom is -0.497 e. The Morgan fingerprint density at radius 2 is 1.65 bits per heavy atom. The fourth-order valence-electron chi connectivity index (χ4n) is 3.49. The molecule has 4 aromatic rings. The van der Waals surface area contributed by atoms with E-state index in [2.05, 4.69) is 10.1 Å². The lowest BCUT2D eigenvalue weighted by Crippen LogP contribution is -2.41. The predicted octanol–water partition coefficient (Wildman–Crippen LogP) is 2.71. The van der Waals surface area contributed by atoms with Crippen LogP contribution in [0.2, 0.25) is 0 Å². The maximum Gasteiger partial charge on any atom is 0.337 e. The smallest absolute Gasteiger partial charge is 0.337 e. The number of carbonyl (C=O) groups excluding carboxylic acids is 2. The molecule has 9 nitrogen and oxygen atoms in total. The highest BCUT2D eigenvalue weighted by molar-refractivity contribution is 7.17. The Kier molecular flexibility index (Phi) is 6.60. The van der Waals surface area contributed by atoms with E-state index in [4.69, 9.17) is 4.74 Å². The van der Waals surface area contributed by atoms with Crippen LogP contribution in [0, 0.1) is 0 Å². The lowest BCUT2D eigenvalue weighted by atomic mass is 10.2. The Labute approximate surface area is 197 Å². The van der Waals surface area contributed by atoms with Crippen LogP contribution >= 0.6 is 11.3 Å². The van der Waals surface area contributed by atoms with Gasteiger partial charge in [0.05, 0.1) is 31.8 Å². The molecular formula is C24H21N3O6S. The second-order valence-electron chi connectivity index (χ2n) is 7.36. The van der Waals surface area contributed by atoms with Crippen LogP contribution in [0.4, 0.5) is 5.69 Å². The summed E-state index contributed by atoms with van der Waals surface area (Å²) in [6.45, 7) is -0.222. The molecule has 1 N–H and O–H groups in total. The molecule has 0 bridgehead atoms. The molecule has 0 aliphatic rings. The molecule has 0 unspecified atom stereocenters. The number of carbonyl (C=O) groups is 2. The summed E-state index contributed by atoms with van der Waals surface area (Å²) in [6.07, 6.45) is 0. The van der Waals surface area contributed by atoms with Crippen molar-refractivity contribution in [1.29, 1.82) is 0 Å².